The van der Waals surface area contributed by atoms with Gasteiger partial charge in [-0.25, -0.2) is 9.49 Å². The smallest absolute Gasteiger partial charge is 0.227 e. The third kappa shape index (κ3) is 6.67. The number of aromatic amines is 1. The maximum Gasteiger partial charge on any atom is 0.227 e. The lowest BCUT2D eigenvalue weighted by molar-refractivity contribution is 0.203. The quantitative estimate of drug-likeness (QED) is 0.244. The van der Waals surface area contributed by atoms with Crippen molar-refractivity contribution in [2.75, 3.05) is 29.2 Å². The van der Waals surface area contributed by atoms with E-state index in [-0.39, 0.29) is 53.8 Å². The second-order valence-electron chi connectivity index (χ2n) is 7.59. The molecule has 3 aromatic rings. The summed E-state index contributed by atoms with van der Waals surface area (Å²) in [5.41, 5.74) is 0.824. The van der Waals surface area contributed by atoms with Crippen LogP contribution in [0.3, 0.4) is 0 Å². The molecular formula is C21H27ClFN7O3. The van der Waals surface area contributed by atoms with Gasteiger partial charge in [0, 0.05) is 6.07 Å². The molecule has 1 aromatic carbocycles. The fraction of sp³-hybridized carbons (Fsp3) is 0.381. The van der Waals surface area contributed by atoms with Crippen molar-refractivity contribution in [2.24, 2.45) is 0 Å². The molecule has 12 heteroatoms. The van der Waals surface area contributed by atoms with Gasteiger partial charge in [0.1, 0.15) is 10.8 Å². The predicted octanol–water partition coefficient (Wildman–Crippen LogP) is 3.46. The normalized spacial score (nSPS) is 12.2. The number of halogens is 2. The fourth-order valence-corrected chi connectivity index (χ4v) is 3.05. The van der Waals surface area contributed by atoms with Crippen LogP contribution in [0.4, 0.5) is 27.8 Å². The Labute approximate surface area is 195 Å². The number of benzene rings is 1. The molecule has 33 heavy (non-hydrogen) atoms. The highest BCUT2D eigenvalue weighted by molar-refractivity contribution is 6.35. The van der Waals surface area contributed by atoms with Crippen molar-refractivity contribution in [3.63, 3.8) is 0 Å². The van der Waals surface area contributed by atoms with Crippen LogP contribution in [-0.4, -0.2) is 55.7 Å². The molecule has 0 aliphatic rings. The molecular weight excluding hydrogens is 453 g/mol. The van der Waals surface area contributed by atoms with E-state index in [1.54, 1.807) is 18.2 Å². The molecule has 0 amide bonds. The van der Waals surface area contributed by atoms with Crippen LogP contribution in [-0.2, 0) is 0 Å². The van der Waals surface area contributed by atoms with E-state index < -0.39 is 6.04 Å². The van der Waals surface area contributed by atoms with Gasteiger partial charge < -0.3 is 30.9 Å². The molecule has 6 N–H and O–H groups in total. The summed E-state index contributed by atoms with van der Waals surface area (Å²) in [4.78, 5) is 8.82. The molecule has 2 aromatic heterocycles. The fourth-order valence-electron chi connectivity index (χ4n) is 2.86. The summed E-state index contributed by atoms with van der Waals surface area (Å²) >= 11 is 6.50. The van der Waals surface area contributed by atoms with Crippen LogP contribution in [0.15, 0.2) is 30.3 Å². The summed E-state index contributed by atoms with van der Waals surface area (Å²) in [6.07, 6.45) is -0.0330. The second kappa shape index (κ2) is 11.1. The highest BCUT2D eigenvalue weighted by Gasteiger charge is 2.18. The van der Waals surface area contributed by atoms with Gasteiger partial charge >= 0.3 is 0 Å². The lowest BCUT2D eigenvalue weighted by Gasteiger charge is -2.19. The van der Waals surface area contributed by atoms with Gasteiger partial charge in [0.05, 0.1) is 31.4 Å². The van der Waals surface area contributed by atoms with Crippen molar-refractivity contribution < 1.29 is 19.3 Å². The maximum atomic E-state index is 13.3. The van der Waals surface area contributed by atoms with Crippen LogP contribution in [0.5, 0.6) is 5.88 Å². The first-order valence-electron chi connectivity index (χ1n) is 10.4. The highest BCUT2D eigenvalue weighted by atomic mass is 35.5. The number of anilines is 4. The van der Waals surface area contributed by atoms with Crippen molar-refractivity contribution in [1.29, 1.82) is 0 Å². The number of aromatic nitrogens is 4. The third-order valence-electron chi connectivity index (χ3n) is 4.51. The Bertz CT molecular complexity index is 1040. The SMILES string of the molecule is CC(C)Oc1cc(Nc2nc(N[C@@H](C)c3ccc(F)cc3)nc(NC(CO)CO)c2Cl)n[nH]1. The lowest BCUT2D eigenvalue weighted by Crippen LogP contribution is -2.28. The molecule has 0 saturated heterocycles. The van der Waals surface area contributed by atoms with Crippen molar-refractivity contribution in [3.8, 4) is 5.88 Å². The molecule has 3 rings (SSSR count). The van der Waals surface area contributed by atoms with E-state index in [9.17, 15) is 14.6 Å². The zero-order chi connectivity index (χ0) is 24.0. The Morgan fingerprint density at radius 2 is 1.73 bits per heavy atom. The number of nitrogens with one attached hydrogen (secondary N) is 4. The van der Waals surface area contributed by atoms with Gasteiger partial charge in [-0.3, -0.25) is 0 Å². The van der Waals surface area contributed by atoms with E-state index in [1.807, 2.05) is 20.8 Å². The molecule has 10 nitrogen and oxygen atoms in total. The number of H-pyrrole nitrogens is 1. The van der Waals surface area contributed by atoms with E-state index in [0.717, 1.165) is 5.56 Å². The Balaban J connectivity index is 1.89. The van der Waals surface area contributed by atoms with Crippen molar-refractivity contribution in [2.45, 2.75) is 39.0 Å². The van der Waals surface area contributed by atoms with Gasteiger partial charge in [0.2, 0.25) is 11.8 Å². The topological polar surface area (TPSA) is 140 Å². The second-order valence-corrected chi connectivity index (χ2v) is 7.97. The first-order valence-corrected chi connectivity index (χ1v) is 10.7. The minimum Gasteiger partial charge on any atom is -0.475 e. The van der Waals surface area contributed by atoms with Crippen LogP contribution in [0.1, 0.15) is 32.4 Å². The Morgan fingerprint density at radius 1 is 1.06 bits per heavy atom. The Morgan fingerprint density at radius 3 is 2.36 bits per heavy atom. The Hall–Kier alpha value is -3.15. The van der Waals surface area contributed by atoms with E-state index in [2.05, 4.69) is 36.1 Å². The number of hydrogen-bond acceptors (Lipinski definition) is 9. The van der Waals surface area contributed by atoms with Crippen molar-refractivity contribution >= 4 is 35.0 Å². The minimum absolute atomic E-state index is 0.0330. The summed E-state index contributed by atoms with van der Waals surface area (Å²) in [7, 11) is 0. The van der Waals surface area contributed by atoms with E-state index in [1.165, 1.54) is 12.1 Å². The van der Waals surface area contributed by atoms with Crippen LogP contribution in [0.25, 0.3) is 0 Å². The van der Waals surface area contributed by atoms with Crippen LogP contribution in [0.2, 0.25) is 5.02 Å². The number of aliphatic hydroxyl groups is 2. The molecule has 0 spiro atoms. The first-order chi connectivity index (χ1) is 15.8. The maximum absolute atomic E-state index is 13.3. The average molecular weight is 480 g/mol. The third-order valence-corrected chi connectivity index (χ3v) is 4.87. The molecule has 2 heterocycles. The van der Waals surface area contributed by atoms with E-state index in [0.29, 0.717) is 11.7 Å². The molecule has 0 radical (unpaired) electrons. The van der Waals surface area contributed by atoms with Gasteiger partial charge in [-0.15, -0.1) is 0 Å². The van der Waals surface area contributed by atoms with Crippen molar-refractivity contribution in [3.05, 3.63) is 46.7 Å². The summed E-state index contributed by atoms with van der Waals surface area (Å²) in [6.45, 7) is 5.00. The minimum atomic E-state index is -0.677. The molecule has 0 unspecified atom stereocenters. The summed E-state index contributed by atoms with van der Waals surface area (Å²) in [6, 6.07) is 6.79. The number of ether oxygens (including phenoxy) is 1. The molecule has 178 valence electrons. The van der Waals surface area contributed by atoms with Crippen LogP contribution in [0, 0.1) is 5.82 Å². The molecule has 0 aliphatic heterocycles. The number of rotatable bonds is 11. The monoisotopic (exact) mass is 479 g/mol. The molecule has 0 saturated carbocycles. The number of hydrogen-bond donors (Lipinski definition) is 6. The summed E-state index contributed by atoms with van der Waals surface area (Å²) in [5, 5.41) is 35.0. The molecule has 0 fully saturated rings. The molecule has 0 bridgehead atoms. The van der Waals surface area contributed by atoms with Crippen LogP contribution >= 0.6 is 11.6 Å². The Kier molecular flexibility index (Phi) is 8.26. The van der Waals surface area contributed by atoms with E-state index >= 15 is 0 Å². The van der Waals surface area contributed by atoms with Gasteiger partial charge in [-0.2, -0.15) is 15.1 Å². The predicted molar refractivity (Wildman–Crippen MR) is 125 cm³/mol. The zero-order valence-corrected chi connectivity index (χ0v) is 19.2. The van der Waals surface area contributed by atoms with Gasteiger partial charge in [0.25, 0.3) is 0 Å². The summed E-state index contributed by atoms with van der Waals surface area (Å²) < 4.78 is 18.8. The first kappa shape index (κ1) is 24.5. The van der Waals surface area contributed by atoms with Gasteiger partial charge in [-0.05, 0) is 38.5 Å². The molecule has 1 atom stereocenters. The van der Waals surface area contributed by atoms with Gasteiger partial charge in [0.15, 0.2) is 17.5 Å². The largest absolute Gasteiger partial charge is 0.475 e. The van der Waals surface area contributed by atoms with Gasteiger partial charge in [-0.1, -0.05) is 23.7 Å². The zero-order valence-electron chi connectivity index (χ0n) is 18.4. The highest BCUT2D eigenvalue weighted by Crippen LogP contribution is 2.32. The number of aliphatic hydroxyl groups excluding tert-OH is 2. The number of nitrogens with zero attached hydrogens (tertiary/aromatic N) is 3. The van der Waals surface area contributed by atoms with Crippen molar-refractivity contribution in [1.82, 2.24) is 20.2 Å². The lowest BCUT2D eigenvalue weighted by atomic mass is 10.1. The summed E-state index contributed by atoms with van der Waals surface area (Å²) in [5.74, 6) is 1.21. The van der Waals surface area contributed by atoms with E-state index in [4.69, 9.17) is 16.3 Å². The standard InChI is InChI=1S/C21H27ClFN7O3/c1-11(2)33-17-8-16(29-30-17)26-20-18(22)19(25-15(9-31)10-32)27-21(28-20)24-12(3)13-4-6-14(23)7-5-13/h4-8,11-12,15,31-32H,9-10H2,1-3H3,(H4,24,25,26,27,28,29,30)/t12-/m0/s1. The average Bonchev–Trinajstić information content (AvgIpc) is 3.21. The molecule has 0 aliphatic carbocycles. The van der Waals surface area contributed by atoms with Crippen LogP contribution < -0.4 is 20.7 Å².